The molecule has 1 aromatic heterocycles. The lowest BCUT2D eigenvalue weighted by Crippen LogP contribution is -2.33. The molecule has 7 nitrogen and oxygen atoms in total. The van der Waals surface area contributed by atoms with Crippen LogP contribution in [0.25, 0.3) is 0 Å². The summed E-state index contributed by atoms with van der Waals surface area (Å²) in [6, 6.07) is 6.43. The van der Waals surface area contributed by atoms with Crippen molar-refractivity contribution in [2.75, 3.05) is 5.32 Å². The van der Waals surface area contributed by atoms with E-state index in [0.29, 0.717) is 25.0 Å². The van der Waals surface area contributed by atoms with Gasteiger partial charge in [0.1, 0.15) is 17.7 Å². The molecule has 1 N–H and O–H groups in total. The molecule has 4 rings (SSSR count). The number of fused-ring (bicyclic) bond motifs is 2. The number of hydrogen-bond donors (Lipinski definition) is 1. The zero-order chi connectivity index (χ0) is 19.2. The van der Waals surface area contributed by atoms with Crippen LogP contribution in [0.1, 0.15) is 44.5 Å². The monoisotopic (exact) mass is 368 g/mol. The number of ether oxygens (including phenoxy) is 2. The van der Waals surface area contributed by atoms with E-state index in [4.69, 9.17) is 9.47 Å². The lowest BCUT2D eigenvalue weighted by molar-refractivity contribution is 0.0240. The maximum Gasteiger partial charge on any atom is 0.410 e. The van der Waals surface area contributed by atoms with Gasteiger partial charge < -0.3 is 14.8 Å². The van der Waals surface area contributed by atoms with Crippen LogP contribution in [-0.2, 0) is 24.2 Å². The van der Waals surface area contributed by atoms with E-state index in [2.05, 4.69) is 22.2 Å². The number of carbonyl (C=O) groups excluding carboxylic acids is 1. The molecule has 7 heteroatoms. The van der Waals surface area contributed by atoms with Crippen molar-refractivity contribution in [3.05, 3.63) is 41.3 Å². The van der Waals surface area contributed by atoms with Gasteiger partial charge in [-0.3, -0.25) is 4.90 Å². The van der Waals surface area contributed by atoms with E-state index in [-0.39, 0.29) is 6.09 Å². The molecule has 27 heavy (non-hydrogen) atoms. The summed E-state index contributed by atoms with van der Waals surface area (Å²) in [5.41, 5.74) is 3.48. The topological polar surface area (TPSA) is 76.6 Å². The molecule has 142 valence electrons. The molecule has 2 aromatic rings. The van der Waals surface area contributed by atoms with Gasteiger partial charge in [-0.2, -0.15) is 0 Å². The first kappa shape index (κ1) is 17.6. The molecule has 2 aliphatic rings. The van der Waals surface area contributed by atoms with E-state index in [1.807, 2.05) is 39.0 Å². The molecule has 0 fully saturated rings. The normalized spacial score (nSPS) is 17.9. The predicted octanol–water partition coefficient (Wildman–Crippen LogP) is 3.88. The van der Waals surface area contributed by atoms with Crippen LogP contribution in [-0.4, -0.2) is 32.6 Å². The van der Waals surface area contributed by atoms with Gasteiger partial charge in [-0.15, -0.1) is 0 Å². The van der Waals surface area contributed by atoms with Crippen LogP contribution in [0.15, 0.2) is 24.5 Å². The highest BCUT2D eigenvalue weighted by atomic mass is 16.6. The summed E-state index contributed by atoms with van der Waals surface area (Å²) < 4.78 is 11.5. The summed E-state index contributed by atoms with van der Waals surface area (Å²) in [6.45, 7) is 8.49. The van der Waals surface area contributed by atoms with Crippen LogP contribution in [0.4, 0.5) is 10.5 Å². The van der Waals surface area contributed by atoms with Crippen molar-refractivity contribution in [1.82, 2.24) is 14.9 Å². The fourth-order valence-electron chi connectivity index (χ4n) is 3.40. The van der Waals surface area contributed by atoms with Gasteiger partial charge in [-0.05, 0) is 57.9 Å². The van der Waals surface area contributed by atoms with Crippen molar-refractivity contribution in [2.24, 2.45) is 0 Å². The van der Waals surface area contributed by atoms with Crippen molar-refractivity contribution in [3.8, 4) is 11.6 Å². The number of amides is 1. The highest BCUT2D eigenvalue weighted by molar-refractivity contribution is 5.69. The number of carbonyl (C=O) groups is 1. The number of anilines is 1. The Kier molecular flexibility index (Phi) is 4.17. The van der Waals surface area contributed by atoms with Crippen molar-refractivity contribution in [3.63, 3.8) is 0 Å². The summed E-state index contributed by atoms with van der Waals surface area (Å²) in [4.78, 5) is 22.6. The Morgan fingerprint density at radius 1 is 1.26 bits per heavy atom. The third kappa shape index (κ3) is 3.67. The van der Waals surface area contributed by atoms with Crippen molar-refractivity contribution >= 4 is 11.8 Å². The second-order valence-electron chi connectivity index (χ2n) is 8.11. The van der Waals surface area contributed by atoms with Crippen molar-refractivity contribution in [1.29, 1.82) is 0 Å². The first-order valence-electron chi connectivity index (χ1n) is 9.16. The summed E-state index contributed by atoms with van der Waals surface area (Å²) >= 11 is 0. The molecule has 1 unspecified atom stereocenters. The molecule has 1 atom stereocenters. The Morgan fingerprint density at radius 2 is 2.07 bits per heavy atom. The smallest absolute Gasteiger partial charge is 0.410 e. The second kappa shape index (κ2) is 6.40. The molecule has 0 bridgehead atoms. The van der Waals surface area contributed by atoms with E-state index < -0.39 is 5.60 Å². The predicted molar refractivity (Wildman–Crippen MR) is 101 cm³/mol. The largest absolute Gasteiger partial charge is 0.444 e. The summed E-state index contributed by atoms with van der Waals surface area (Å²) in [7, 11) is 0. The molecule has 0 aliphatic carbocycles. The number of rotatable bonds is 2. The molecular formula is C20H24N4O3. The first-order valence-corrected chi connectivity index (χ1v) is 9.16. The van der Waals surface area contributed by atoms with Crippen LogP contribution in [0, 0.1) is 0 Å². The van der Waals surface area contributed by atoms with Crippen LogP contribution >= 0.6 is 0 Å². The lowest BCUT2D eigenvalue weighted by Gasteiger charge is -2.23. The Labute approximate surface area is 158 Å². The number of benzene rings is 1. The van der Waals surface area contributed by atoms with Crippen LogP contribution in [0.2, 0.25) is 0 Å². The molecule has 0 radical (unpaired) electrons. The average molecular weight is 368 g/mol. The average Bonchev–Trinajstić information content (AvgIpc) is 3.16. The van der Waals surface area contributed by atoms with E-state index in [0.717, 1.165) is 29.1 Å². The molecule has 0 saturated carbocycles. The SMILES string of the molecule is CC1Cc2cc(Oc3ncnc4c3CN(C(=O)OC(C)(C)C)C4)ccc2N1. The molecule has 2 aliphatic heterocycles. The van der Waals surface area contributed by atoms with E-state index >= 15 is 0 Å². The fraction of sp³-hybridized carbons (Fsp3) is 0.450. The zero-order valence-corrected chi connectivity index (χ0v) is 16.1. The molecular weight excluding hydrogens is 344 g/mol. The van der Waals surface area contributed by atoms with Crippen LogP contribution in [0.5, 0.6) is 11.6 Å². The fourth-order valence-corrected chi connectivity index (χ4v) is 3.40. The maximum atomic E-state index is 12.4. The minimum Gasteiger partial charge on any atom is -0.444 e. The quantitative estimate of drug-likeness (QED) is 0.867. The second-order valence-corrected chi connectivity index (χ2v) is 8.11. The minimum absolute atomic E-state index is 0.357. The van der Waals surface area contributed by atoms with Crippen molar-refractivity contribution in [2.45, 2.75) is 58.8 Å². The lowest BCUT2D eigenvalue weighted by atomic mass is 10.1. The Bertz CT molecular complexity index is 891. The Balaban J connectivity index is 1.52. The molecule has 0 saturated heterocycles. The van der Waals surface area contributed by atoms with E-state index in [9.17, 15) is 4.79 Å². The molecule has 1 amide bonds. The van der Waals surface area contributed by atoms with E-state index in [1.165, 1.54) is 11.9 Å². The van der Waals surface area contributed by atoms with Gasteiger partial charge in [-0.25, -0.2) is 14.8 Å². The van der Waals surface area contributed by atoms with Gasteiger partial charge in [-0.1, -0.05) is 0 Å². The Morgan fingerprint density at radius 3 is 2.85 bits per heavy atom. The number of hydrogen-bond acceptors (Lipinski definition) is 6. The van der Waals surface area contributed by atoms with E-state index in [1.54, 1.807) is 4.90 Å². The third-order valence-electron chi connectivity index (χ3n) is 4.56. The summed E-state index contributed by atoms with van der Waals surface area (Å²) in [5, 5.41) is 3.43. The summed E-state index contributed by atoms with van der Waals surface area (Å²) in [5.74, 6) is 1.23. The van der Waals surface area contributed by atoms with Crippen LogP contribution in [0.3, 0.4) is 0 Å². The van der Waals surface area contributed by atoms with Crippen molar-refractivity contribution < 1.29 is 14.3 Å². The zero-order valence-electron chi connectivity index (χ0n) is 16.1. The highest BCUT2D eigenvalue weighted by Crippen LogP contribution is 2.34. The molecule has 3 heterocycles. The van der Waals surface area contributed by atoms with Gasteiger partial charge in [0.2, 0.25) is 5.88 Å². The van der Waals surface area contributed by atoms with Crippen LogP contribution < -0.4 is 10.1 Å². The van der Waals surface area contributed by atoms with Gasteiger partial charge >= 0.3 is 6.09 Å². The van der Waals surface area contributed by atoms with Gasteiger partial charge in [0.25, 0.3) is 0 Å². The molecule has 1 aromatic carbocycles. The third-order valence-corrected chi connectivity index (χ3v) is 4.56. The summed E-state index contributed by atoms with van der Waals surface area (Å²) in [6.07, 6.45) is 2.09. The molecule has 0 spiro atoms. The van der Waals surface area contributed by atoms with Gasteiger partial charge in [0, 0.05) is 11.7 Å². The number of nitrogens with zero attached hydrogens (tertiary/aromatic N) is 3. The number of nitrogens with one attached hydrogen (secondary N) is 1. The Hall–Kier alpha value is -2.83. The maximum absolute atomic E-state index is 12.4. The highest BCUT2D eigenvalue weighted by Gasteiger charge is 2.31. The standard InChI is InChI=1S/C20H24N4O3/c1-12-7-13-8-14(5-6-16(13)23-12)26-18-15-9-24(10-17(15)21-11-22-18)19(25)27-20(2,3)4/h5-6,8,11-12,23H,7,9-10H2,1-4H3. The minimum atomic E-state index is -0.535. The van der Waals surface area contributed by atoms with Gasteiger partial charge in [0.05, 0.1) is 24.3 Å². The number of aromatic nitrogens is 2. The van der Waals surface area contributed by atoms with Gasteiger partial charge in [0.15, 0.2) is 0 Å². The first-order chi connectivity index (χ1) is 12.8.